The Balaban J connectivity index is 1.83. The molecule has 1 aliphatic heterocycles. The average Bonchev–Trinajstić information content (AvgIpc) is 2.73. The average molecular weight is 433 g/mol. The first-order valence-corrected chi connectivity index (χ1v) is 10.8. The number of piperazine rings is 1. The van der Waals surface area contributed by atoms with Gasteiger partial charge in [0.15, 0.2) is 0 Å². The second-order valence-corrected chi connectivity index (χ2v) is 8.72. The lowest BCUT2D eigenvalue weighted by molar-refractivity contribution is -0.384. The second-order valence-electron chi connectivity index (χ2n) is 7.03. The number of hydrogen-bond acceptors (Lipinski definition) is 8. The van der Waals surface area contributed by atoms with Crippen LogP contribution in [-0.2, 0) is 16.6 Å². The van der Waals surface area contributed by atoms with E-state index in [1.54, 1.807) is 12.1 Å². The standard InChI is InChI=1S/C19H23N5O5S/c1-22-8-10-23(11-9-22)17-7-4-15(12-18(17)24(26)27)19(25)21-30(28,29)16-5-2-14(13-20)3-6-16/h2-7,12H,8-11,13,20H2,1H3,(H,21,25). The predicted molar refractivity (Wildman–Crippen MR) is 112 cm³/mol. The summed E-state index contributed by atoms with van der Waals surface area (Å²) in [6.07, 6.45) is 0. The number of carbonyl (C=O) groups is 1. The Kier molecular flexibility index (Phi) is 6.34. The van der Waals surface area contributed by atoms with Crippen molar-refractivity contribution in [3.05, 3.63) is 63.7 Å². The van der Waals surface area contributed by atoms with E-state index in [9.17, 15) is 23.3 Å². The number of anilines is 1. The molecule has 3 N–H and O–H groups in total. The summed E-state index contributed by atoms with van der Waals surface area (Å²) >= 11 is 0. The van der Waals surface area contributed by atoms with Crippen molar-refractivity contribution in [1.29, 1.82) is 0 Å². The summed E-state index contributed by atoms with van der Waals surface area (Å²) < 4.78 is 26.9. The van der Waals surface area contributed by atoms with Crippen LogP contribution >= 0.6 is 0 Å². The maximum Gasteiger partial charge on any atom is 0.293 e. The van der Waals surface area contributed by atoms with Gasteiger partial charge in [0, 0.05) is 44.4 Å². The minimum absolute atomic E-state index is 0.100. The van der Waals surface area contributed by atoms with Crippen LogP contribution in [0.1, 0.15) is 15.9 Å². The van der Waals surface area contributed by atoms with E-state index in [0.29, 0.717) is 18.8 Å². The summed E-state index contributed by atoms with van der Waals surface area (Å²) in [5.41, 5.74) is 6.30. The molecular formula is C19H23N5O5S. The molecule has 10 nitrogen and oxygen atoms in total. The number of likely N-dealkylation sites (N-methyl/N-ethyl adjacent to an activating group) is 1. The maximum absolute atomic E-state index is 12.5. The third kappa shape index (κ3) is 4.75. The van der Waals surface area contributed by atoms with Gasteiger partial charge in [-0.2, -0.15) is 0 Å². The van der Waals surface area contributed by atoms with E-state index in [1.807, 2.05) is 16.7 Å². The van der Waals surface area contributed by atoms with Crippen molar-refractivity contribution in [1.82, 2.24) is 9.62 Å². The fourth-order valence-corrected chi connectivity index (χ4v) is 4.14. The Morgan fingerprint density at radius 3 is 2.33 bits per heavy atom. The van der Waals surface area contributed by atoms with E-state index in [-0.39, 0.29) is 22.7 Å². The monoisotopic (exact) mass is 433 g/mol. The molecule has 0 unspecified atom stereocenters. The zero-order valence-electron chi connectivity index (χ0n) is 16.4. The highest BCUT2D eigenvalue weighted by Gasteiger charge is 2.26. The Morgan fingerprint density at radius 2 is 1.77 bits per heavy atom. The van der Waals surface area contributed by atoms with Gasteiger partial charge in [-0.05, 0) is 36.9 Å². The molecular weight excluding hydrogens is 410 g/mol. The minimum atomic E-state index is -4.13. The number of nitro benzene ring substituents is 1. The van der Waals surface area contributed by atoms with Gasteiger partial charge in [-0.15, -0.1) is 0 Å². The molecule has 0 bridgehead atoms. The molecule has 0 aliphatic carbocycles. The van der Waals surface area contributed by atoms with Crippen LogP contribution in [0.3, 0.4) is 0 Å². The van der Waals surface area contributed by atoms with E-state index in [1.165, 1.54) is 24.3 Å². The lowest BCUT2D eigenvalue weighted by atomic mass is 10.1. The molecule has 2 aromatic carbocycles. The molecule has 1 aliphatic rings. The van der Waals surface area contributed by atoms with Crippen molar-refractivity contribution in [3.8, 4) is 0 Å². The fourth-order valence-electron chi connectivity index (χ4n) is 3.17. The van der Waals surface area contributed by atoms with Gasteiger partial charge in [0.1, 0.15) is 5.69 Å². The van der Waals surface area contributed by atoms with Crippen LogP contribution in [0.2, 0.25) is 0 Å². The highest BCUT2D eigenvalue weighted by molar-refractivity contribution is 7.90. The molecule has 0 saturated carbocycles. The Morgan fingerprint density at radius 1 is 1.13 bits per heavy atom. The van der Waals surface area contributed by atoms with Crippen LogP contribution in [0, 0.1) is 10.1 Å². The summed E-state index contributed by atoms with van der Waals surface area (Å²) in [7, 11) is -2.15. The number of carbonyl (C=O) groups excluding carboxylic acids is 1. The Hall–Kier alpha value is -3.02. The number of nitrogens with one attached hydrogen (secondary N) is 1. The molecule has 1 fully saturated rings. The van der Waals surface area contributed by atoms with Gasteiger partial charge in [-0.3, -0.25) is 14.9 Å². The number of benzene rings is 2. The maximum atomic E-state index is 12.5. The summed E-state index contributed by atoms with van der Waals surface area (Å²) in [6, 6.07) is 9.77. The largest absolute Gasteiger partial charge is 0.363 e. The molecule has 30 heavy (non-hydrogen) atoms. The van der Waals surface area contributed by atoms with Crippen molar-refractivity contribution in [2.24, 2.45) is 5.73 Å². The zero-order chi connectivity index (χ0) is 21.9. The molecule has 2 aromatic rings. The number of nitro groups is 1. The molecule has 160 valence electrons. The quantitative estimate of drug-likeness (QED) is 0.507. The van der Waals surface area contributed by atoms with Crippen molar-refractivity contribution < 1.29 is 18.1 Å². The summed E-state index contributed by atoms with van der Waals surface area (Å²) in [5.74, 6) is -0.939. The summed E-state index contributed by atoms with van der Waals surface area (Å²) in [6.45, 7) is 3.03. The van der Waals surface area contributed by atoms with Gasteiger partial charge >= 0.3 is 0 Å². The van der Waals surface area contributed by atoms with Gasteiger partial charge in [0.05, 0.1) is 9.82 Å². The van der Waals surface area contributed by atoms with Crippen LogP contribution in [0.25, 0.3) is 0 Å². The van der Waals surface area contributed by atoms with Gasteiger partial charge < -0.3 is 15.5 Å². The molecule has 0 aromatic heterocycles. The number of rotatable bonds is 6. The molecule has 1 saturated heterocycles. The minimum Gasteiger partial charge on any atom is -0.363 e. The number of nitrogens with two attached hydrogens (primary N) is 1. The van der Waals surface area contributed by atoms with Crippen molar-refractivity contribution >= 4 is 27.3 Å². The highest BCUT2D eigenvalue weighted by atomic mass is 32.2. The third-order valence-electron chi connectivity index (χ3n) is 4.97. The summed E-state index contributed by atoms with van der Waals surface area (Å²) in [4.78, 5) is 27.4. The SMILES string of the molecule is CN1CCN(c2ccc(C(=O)NS(=O)(=O)c3ccc(CN)cc3)cc2[N+](=O)[O-])CC1. The van der Waals surface area contributed by atoms with Crippen molar-refractivity contribution in [3.63, 3.8) is 0 Å². The van der Waals surface area contributed by atoms with Gasteiger partial charge in [-0.1, -0.05) is 12.1 Å². The van der Waals surface area contributed by atoms with E-state index >= 15 is 0 Å². The number of hydrogen-bond donors (Lipinski definition) is 2. The van der Waals surface area contributed by atoms with E-state index in [0.717, 1.165) is 24.7 Å². The van der Waals surface area contributed by atoms with Crippen LogP contribution in [0.4, 0.5) is 11.4 Å². The van der Waals surface area contributed by atoms with Crippen molar-refractivity contribution in [2.75, 3.05) is 38.1 Å². The van der Waals surface area contributed by atoms with Gasteiger partial charge in [0.2, 0.25) is 0 Å². The first kappa shape index (κ1) is 21.7. The van der Waals surface area contributed by atoms with Crippen LogP contribution in [0.5, 0.6) is 0 Å². The number of amides is 1. The summed E-state index contributed by atoms with van der Waals surface area (Å²) in [5, 5.41) is 11.6. The Labute approximate surface area is 174 Å². The molecule has 0 radical (unpaired) electrons. The topological polar surface area (TPSA) is 139 Å². The normalized spacial score (nSPS) is 15.1. The molecule has 0 spiro atoms. The molecule has 0 atom stereocenters. The van der Waals surface area contributed by atoms with Crippen LogP contribution in [0.15, 0.2) is 47.4 Å². The van der Waals surface area contributed by atoms with Crippen molar-refractivity contribution in [2.45, 2.75) is 11.4 Å². The van der Waals surface area contributed by atoms with Gasteiger partial charge in [0.25, 0.3) is 21.6 Å². The lowest BCUT2D eigenvalue weighted by Crippen LogP contribution is -2.44. The number of nitrogens with zero attached hydrogens (tertiary/aromatic N) is 3. The Bertz CT molecular complexity index is 1050. The third-order valence-corrected chi connectivity index (χ3v) is 6.32. The molecule has 11 heteroatoms. The fraction of sp³-hybridized carbons (Fsp3) is 0.316. The molecule has 3 rings (SSSR count). The lowest BCUT2D eigenvalue weighted by Gasteiger charge is -2.33. The first-order chi connectivity index (χ1) is 14.2. The predicted octanol–water partition coefficient (Wildman–Crippen LogP) is 0.924. The van der Waals surface area contributed by atoms with E-state index in [2.05, 4.69) is 4.90 Å². The zero-order valence-corrected chi connectivity index (χ0v) is 17.3. The second kappa shape index (κ2) is 8.78. The molecule has 1 amide bonds. The van der Waals surface area contributed by atoms with Crippen LogP contribution < -0.4 is 15.4 Å². The molecule has 1 heterocycles. The highest BCUT2D eigenvalue weighted by Crippen LogP contribution is 2.30. The van der Waals surface area contributed by atoms with E-state index in [4.69, 9.17) is 5.73 Å². The first-order valence-electron chi connectivity index (χ1n) is 9.29. The number of sulfonamides is 1. The van der Waals surface area contributed by atoms with Crippen LogP contribution in [-0.4, -0.2) is 57.4 Å². The van der Waals surface area contributed by atoms with E-state index < -0.39 is 20.9 Å². The smallest absolute Gasteiger partial charge is 0.293 e. The van der Waals surface area contributed by atoms with Gasteiger partial charge in [-0.25, -0.2) is 13.1 Å².